The topological polar surface area (TPSA) is 12.0 Å². The van der Waals surface area contributed by atoms with Crippen molar-refractivity contribution in [1.82, 2.24) is 5.32 Å². The van der Waals surface area contributed by atoms with Gasteiger partial charge in [0.05, 0.1) is 5.56 Å². The van der Waals surface area contributed by atoms with Crippen molar-refractivity contribution in [2.75, 3.05) is 0 Å². The summed E-state index contributed by atoms with van der Waals surface area (Å²) in [5.41, 5.74) is -0.759. The molecule has 1 N–H and O–H groups in total. The lowest BCUT2D eigenvalue weighted by molar-refractivity contribution is -0.137. The standard InChI is InChI=1S/C10H9F4N/c1-2-15-6-7-3-8(10(12,13)14)5-9(11)4-7/h2-5,15H,1,6H2. The normalized spacial score (nSPS) is 11.2. The average molecular weight is 219 g/mol. The zero-order valence-corrected chi connectivity index (χ0v) is 7.74. The first-order valence-electron chi connectivity index (χ1n) is 4.14. The van der Waals surface area contributed by atoms with Gasteiger partial charge in [-0.05, 0) is 30.0 Å². The van der Waals surface area contributed by atoms with E-state index >= 15 is 0 Å². The van der Waals surface area contributed by atoms with Gasteiger partial charge >= 0.3 is 6.18 Å². The van der Waals surface area contributed by atoms with Gasteiger partial charge in [0.25, 0.3) is 0 Å². The Bertz CT molecular complexity index is 357. The minimum absolute atomic E-state index is 0.115. The van der Waals surface area contributed by atoms with Crippen LogP contribution in [0.4, 0.5) is 17.6 Å². The number of alkyl halides is 3. The summed E-state index contributed by atoms with van der Waals surface area (Å²) in [6, 6.07) is 2.42. The molecule has 82 valence electrons. The van der Waals surface area contributed by atoms with Gasteiger partial charge in [-0.15, -0.1) is 0 Å². The monoisotopic (exact) mass is 219 g/mol. The number of benzene rings is 1. The van der Waals surface area contributed by atoms with Gasteiger partial charge < -0.3 is 5.32 Å². The van der Waals surface area contributed by atoms with Crippen LogP contribution in [0.25, 0.3) is 0 Å². The highest BCUT2D eigenvalue weighted by molar-refractivity contribution is 5.26. The van der Waals surface area contributed by atoms with Gasteiger partial charge in [0, 0.05) is 6.54 Å². The van der Waals surface area contributed by atoms with E-state index in [0.717, 1.165) is 12.1 Å². The van der Waals surface area contributed by atoms with Crippen molar-refractivity contribution in [1.29, 1.82) is 0 Å². The molecule has 0 spiro atoms. The summed E-state index contributed by atoms with van der Waals surface area (Å²) in [6.45, 7) is 3.46. The summed E-state index contributed by atoms with van der Waals surface area (Å²) in [5.74, 6) is -0.898. The van der Waals surface area contributed by atoms with Gasteiger partial charge in [-0.25, -0.2) is 4.39 Å². The minimum atomic E-state index is -4.52. The van der Waals surface area contributed by atoms with Crippen LogP contribution < -0.4 is 5.32 Å². The Labute approximate surface area is 84.4 Å². The molecule has 0 unspecified atom stereocenters. The van der Waals surface area contributed by atoms with Gasteiger partial charge in [-0.3, -0.25) is 0 Å². The van der Waals surface area contributed by atoms with E-state index in [9.17, 15) is 17.6 Å². The summed E-state index contributed by atoms with van der Waals surface area (Å²) in [5, 5.41) is 2.60. The third-order valence-corrected chi connectivity index (χ3v) is 1.74. The summed E-state index contributed by atoms with van der Waals surface area (Å²) in [7, 11) is 0. The van der Waals surface area contributed by atoms with Crippen LogP contribution in [0.15, 0.2) is 31.0 Å². The van der Waals surface area contributed by atoms with Crippen molar-refractivity contribution in [2.24, 2.45) is 0 Å². The molecule has 1 nitrogen and oxygen atoms in total. The Morgan fingerprint density at radius 3 is 2.47 bits per heavy atom. The average Bonchev–Trinajstić information content (AvgIpc) is 2.12. The first kappa shape index (κ1) is 11.6. The van der Waals surface area contributed by atoms with Crippen LogP contribution in [-0.4, -0.2) is 0 Å². The molecule has 0 bridgehead atoms. The van der Waals surface area contributed by atoms with Crippen LogP contribution in [0.2, 0.25) is 0 Å². The quantitative estimate of drug-likeness (QED) is 0.770. The van der Waals surface area contributed by atoms with E-state index in [2.05, 4.69) is 11.9 Å². The molecule has 1 aromatic carbocycles. The lowest BCUT2D eigenvalue weighted by Gasteiger charge is -2.09. The Morgan fingerprint density at radius 2 is 1.93 bits per heavy atom. The highest BCUT2D eigenvalue weighted by Gasteiger charge is 2.31. The Balaban J connectivity index is 3.00. The second-order valence-electron chi connectivity index (χ2n) is 2.93. The van der Waals surface area contributed by atoms with E-state index in [0.29, 0.717) is 6.07 Å². The maximum Gasteiger partial charge on any atom is 0.416 e. The summed E-state index contributed by atoms with van der Waals surface area (Å²) >= 11 is 0. The smallest absolute Gasteiger partial charge is 0.387 e. The van der Waals surface area contributed by atoms with Crippen molar-refractivity contribution in [3.63, 3.8) is 0 Å². The van der Waals surface area contributed by atoms with Crippen LogP contribution in [-0.2, 0) is 12.7 Å². The molecular weight excluding hydrogens is 210 g/mol. The van der Waals surface area contributed by atoms with Gasteiger partial charge in [0.15, 0.2) is 0 Å². The molecule has 15 heavy (non-hydrogen) atoms. The molecule has 0 saturated heterocycles. The third-order valence-electron chi connectivity index (χ3n) is 1.74. The highest BCUT2D eigenvalue weighted by Crippen LogP contribution is 2.30. The van der Waals surface area contributed by atoms with Crippen molar-refractivity contribution in [2.45, 2.75) is 12.7 Å². The lowest BCUT2D eigenvalue weighted by atomic mass is 10.1. The van der Waals surface area contributed by atoms with Gasteiger partial charge in [-0.2, -0.15) is 13.2 Å². The Morgan fingerprint density at radius 1 is 1.27 bits per heavy atom. The lowest BCUT2D eigenvalue weighted by Crippen LogP contribution is -2.09. The first-order valence-corrected chi connectivity index (χ1v) is 4.14. The molecule has 0 amide bonds. The van der Waals surface area contributed by atoms with Crippen LogP contribution in [0, 0.1) is 5.82 Å². The summed E-state index contributed by atoms with van der Waals surface area (Å²) in [6.07, 6.45) is -3.19. The van der Waals surface area contributed by atoms with Crippen molar-refractivity contribution < 1.29 is 17.6 Å². The van der Waals surface area contributed by atoms with E-state index < -0.39 is 17.6 Å². The fourth-order valence-corrected chi connectivity index (χ4v) is 1.11. The zero-order chi connectivity index (χ0) is 11.5. The molecule has 1 aromatic rings. The van der Waals surface area contributed by atoms with Crippen LogP contribution >= 0.6 is 0 Å². The molecule has 0 saturated carbocycles. The molecule has 0 aliphatic carbocycles. The SMILES string of the molecule is C=CNCc1cc(F)cc(C(F)(F)F)c1. The molecule has 0 radical (unpaired) electrons. The summed E-state index contributed by atoms with van der Waals surface area (Å²) in [4.78, 5) is 0. The zero-order valence-electron chi connectivity index (χ0n) is 7.74. The second kappa shape index (κ2) is 4.33. The van der Waals surface area contributed by atoms with Gasteiger partial charge in [0.1, 0.15) is 5.82 Å². The molecule has 5 heteroatoms. The molecule has 0 atom stereocenters. The Hall–Kier alpha value is -1.52. The highest BCUT2D eigenvalue weighted by atomic mass is 19.4. The molecule has 0 aromatic heterocycles. The number of rotatable bonds is 3. The van der Waals surface area contributed by atoms with Gasteiger partial charge in [-0.1, -0.05) is 6.58 Å². The molecule has 0 heterocycles. The maximum atomic E-state index is 12.8. The van der Waals surface area contributed by atoms with E-state index in [-0.39, 0.29) is 12.1 Å². The van der Waals surface area contributed by atoms with Crippen molar-refractivity contribution in [3.8, 4) is 0 Å². The second-order valence-corrected chi connectivity index (χ2v) is 2.93. The molecule has 0 fully saturated rings. The Kier molecular flexibility index (Phi) is 3.34. The van der Waals surface area contributed by atoms with Crippen LogP contribution in [0.5, 0.6) is 0 Å². The van der Waals surface area contributed by atoms with E-state index in [1.165, 1.54) is 6.20 Å². The van der Waals surface area contributed by atoms with Crippen LogP contribution in [0.3, 0.4) is 0 Å². The molecular formula is C10H9F4N. The van der Waals surface area contributed by atoms with Crippen molar-refractivity contribution in [3.05, 3.63) is 47.9 Å². The molecule has 0 aliphatic rings. The molecule has 1 rings (SSSR count). The predicted octanol–water partition coefficient (Wildman–Crippen LogP) is 3.08. The largest absolute Gasteiger partial charge is 0.416 e. The van der Waals surface area contributed by atoms with Crippen LogP contribution in [0.1, 0.15) is 11.1 Å². The fraction of sp³-hybridized carbons (Fsp3) is 0.200. The number of hydrogen-bond donors (Lipinski definition) is 1. The first-order chi connectivity index (χ1) is 6.93. The van der Waals surface area contributed by atoms with E-state index in [1.54, 1.807) is 0 Å². The predicted molar refractivity (Wildman–Crippen MR) is 48.4 cm³/mol. The maximum absolute atomic E-state index is 12.8. The fourth-order valence-electron chi connectivity index (χ4n) is 1.11. The minimum Gasteiger partial charge on any atom is -0.387 e. The summed E-state index contributed by atoms with van der Waals surface area (Å²) < 4.78 is 49.6. The van der Waals surface area contributed by atoms with Crippen molar-refractivity contribution >= 4 is 0 Å². The van der Waals surface area contributed by atoms with E-state index in [1.807, 2.05) is 0 Å². The van der Waals surface area contributed by atoms with Gasteiger partial charge in [0.2, 0.25) is 0 Å². The number of hydrogen-bond acceptors (Lipinski definition) is 1. The number of halogens is 4. The third kappa shape index (κ3) is 3.27. The molecule has 0 aliphatic heterocycles. The van der Waals surface area contributed by atoms with E-state index in [4.69, 9.17) is 0 Å². The number of nitrogens with one attached hydrogen (secondary N) is 1.